The zero-order valence-electron chi connectivity index (χ0n) is 10.5. The van der Waals surface area contributed by atoms with Crippen molar-refractivity contribution in [2.75, 3.05) is 26.6 Å². The quantitative estimate of drug-likeness (QED) is 0.756. The van der Waals surface area contributed by atoms with Crippen LogP contribution in [0.25, 0.3) is 0 Å². The first kappa shape index (κ1) is 13.1. The van der Waals surface area contributed by atoms with Gasteiger partial charge in [0, 0.05) is 19.7 Å². The maximum Gasteiger partial charge on any atom is 0.231 e. The highest BCUT2D eigenvalue weighted by atomic mass is 16.7. The Balaban J connectivity index is 1.73. The second-order valence-electron chi connectivity index (χ2n) is 4.13. The summed E-state index contributed by atoms with van der Waals surface area (Å²) in [5.41, 5.74) is 1.10. The summed E-state index contributed by atoms with van der Waals surface area (Å²) in [6, 6.07) is 5.83. The molecular formula is C13H19NO4. The van der Waals surface area contributed by atoms with E-state index in [1.807, 2.05) is 25.1 Å². The lowest BCUT2D eigenvalue weighted by atomic mass is 10.2. The van der Waals surface area contributed by atoms with Crippen LogP contribution in [0.15, 0.2) is 18.2 Å². The fourth-order valence-electron chi connectivity index (χ4n) is 1.75. The molecule has 1 heterocycles. The summed E-state index contributed by atoms with van der Waals surface area (Å²) in [7, 11) is 0. The smallest absolute Gasteiger partial charge is 0.231 e. The van der Waals surface area contributed by atoms with E-state index in [4.69, 9.17) is 14.2 Å². The van der Waals surface area contributed by atoms with E-state index in [0.29, 0.717) is 33.1 Å². The predicted octanol–water partition coefficient (Wildman–Crippen LogP) is 0.902. The largest absolute Gasteiger partial charge is 0.454 e. The Kier molecular flexibility index (Phi) is 4.81. The third kappa shape index (κ3) is 3.60. The lowest BCUT2D eigenvalue weighted by Crippen LogP contribution is -2.30. The number of ether oxygens (including phenoxy) is 3. The van der Waals surface area contributed by atoms with Crippen molar-refractivity contribution >= 4 is 0 Å². The third-order valence-corrected chi connectivity index (χ3v) is 2.66. The van der Waals surface area contributed by atoms with Crippen molar-refractivity contribution in [3.05, 3.63) is 23.8 Å². The Hall–Kier alpha value is -1.30. The summed E-state index contributed by atoms with van der Waals surface area (Å²) in [5.74, 6) is 1.57. The summed E-state index contributed by atoms with van der Waals surface area (Å²) in [6.45, 7) is 4.38. The number of aliphatic hydroxyl groups is 1. The summed E-state index contributed by atoms with van der Waals surface area (Å²) < 4.78 is 15.7. The molecule has 1 aromatic rings. The number of aliphatic hydroxyl groups excluding tert-OH is 1. The van der Waals surface area contributed by atoms with Gasteiger partial charge in [-0.15, -0.1) is 0 Å². The normalized spacial score (nSPS) is 14.8. The van der Waals surface area contributed by atoms with Gasteiger partial charge in [0.2, 0.25) is 6.79 Å². The maximum atomic E-state index is 9.58. The van der Waals surface area contributed by atoms with Gasteiger partial charge in [0.25, 0.3) is 0 Å². The molecule has 1 atom stereocenters. The van der Waals surface area contributed by atoms with Crippen LogP contribution in [-0.4, -0.2) is 37.8 Å². The minimum Gasteiger partial charge on any atom is -0.454 e. The molecule has 0 aromatic heterocycles. The van der Waals surface area contributed by atoms with Gasteiger partial charge in [-0.2, -0.15) is 0 Å². The molecule has 1 unspecified atom stereocenters. The summed E-state index contributed by atoms with van der Waals surface area (Å²) in [4.78, 5) is 0. The monoisotopic (exact) mass is 253 g/mol. The molecule has 0 amide bonds. The van der Waals surface area contributed by atoms with Crippen LogP contribution in [0.1, 0.15) is 12.5 Å². The number of hydrogen-bond acceptors (Lipinski definition) is 5. The third-order valence-electron chi connectivity index (χ3n) is 2.66. The van der Waals surface area contributed by atoms with Gasteiger partial charge in [-0.1, -0.05) is 6.07 Å². The van der Waals surface area contributed by atoms with Crippen molar-refractivity contribution in [1.29, 1.82) is 0 Å². The molecule has 0 bridgehead atoms. The summed E-state index contributed by atoms with van der Waals surface area (Å²) in [6.07, 6.45) is -0.473. The second kappa shape index (κ2) is 6.58. The fraction of sp³-hybridized carbons (Fsp3) is 0.538. The molecule has 18 heavy (non-hydrogen) atoms. The first-order valence-electron chi connectivity index (χ1n) is 6.14. The lowest BCUT2D eigenvalue weighted by Gasteiger charge is -2.11. The van der Waals surface area contributed by atoms with E-state index in [0.717, 1.165) is 17.1 Å². The Morgan fingerprint density at radius 3 is 3.06 bits per heavy atom. The van der Waals surface area contributed by atoms with Crippen molar-refractivity contribution in [2.45, 2.75) is 19.6 Å². The van der Waals surface area contributed by atoms with Gasteiger partial charge in [-0.05, 0) is 24.6 Å². The van der Waals surface area contributed by atoms with Crippen LogP contribution in [0, 0.1) is 0 Å². The van der Waals surface area contributed by atoms with Crippen molar-refractivity contribution < 1.29 is 19.3 Å². The van der Waals surface area contributed by atoms with Crippen LogP contribution in [0.4, 0.5) is 0 Å². The van der Waals surface area contributed by atoms with Gasteiger partial charge in [0.15, 0.2) is 11.5 Å². The summed E-state index contributed by atoms with van der Waals surface area (Å²) in [5, 5.41) is 12.8. The van der Waals surface area contributed by atoms with Crippen LogP contribution in [-0.2, 0) is 11.3 Å². The Morgan fingerprint density at radius 1 is 1.39 bits per heavy atom. The standard InChI is InChI=1S/C13H19NO4/c1-2-16-8-11(15)7-14-6-10-3-4-12-13(5-10)18-9-17-12/h3-5,11,14-15H,2,6-9H2,1H3. The van der Waals surface area contributed by atoms with Crippen molar-refractivity contribution in [1.82, 2.24) is 5.32 Å². The average Bonchev–Trinajstić information content (AvgIpc) is 2.83. The molecule has 0 aliphatic carbocycles. The zero-order chi connectivity index (χ0) is 12.8. The maximum absolute atomic E-state index is 9.58. The fourth-order valence-corrected chi connectivity index (χ4v) is 1.75. The number of hydrogen-bond donors (Lipinski definition) is 2. The molecular weight excluding hydrogens is 234 g/mol. The molecule has 0 fully saturated rings. The highest BCUT2D eigenvalue weighted by Gasteiger charge is 2.13. The zero-order valence-corrected chi connectivity index (χ0v) is 10.5. The van der Waals surface area contributed by atoms with E-state index < -0.39 is 6.10 Å². The molecule has 2 N–H and O–H groups in total. The SMILES string of the molecule is CCOCC(O)CNCc1ccc2c(c1)OCO2. The predicted molar refractivity (Wildman–Crippen MR) is 66.8 cm³/mol. The molecule has 1 aliphatic heterocycles. The molecule has 0 saturated carbocycles. The molecule has 2 rings (SSSR count). The first-order valence-corrected chi connectivity index (χ1v) is 6.14. The summed E-state index contributed by atoms with van der Waals surface area (Å²) >= 11 is 0. The topological polar surface area (TPSA) is 60.0 Å². The molecule has 100 valence electrons. The molecule has 1 aliphatic rings. The second-order valence-corrected chi connectivity index (χ2v) is 4.13. The van der Waals surface area contributed by atoms with E-state index in [2.05, 4.69) is 5.32 Å². The van der Waals surface area contributed by atoms with E-state index >= 15 is 0 Å². The van der Waals surface area contributed by atoms with Gasteiger partial charge in [-0.3, -0.25) is 0 Å². The number of nitrogens with one attached hydrogen (secondary N) is 1. The van der Waals surface area contributed by atoms with Gasteiger partial charge in [0.05, 0.1) is 12.7 Å². The first-order chi connectivity index (χ1) is 8.79. The number of fused-ring (bicyclic) bond motifs is 1. The minimum atomic E-state index is -0.473. The van der Waals surface area contributed by atoms with Gasteiger partial charge in [0.1, 0.15) is 0 Å². The van der Waals surface area contributed by atoms with E-state index in [1.54, 1.807) is 0 Å². The van der Waals surface area contributed by atoms with Crippen LogP contribution < -0.4 is 14.8 Å². The molecule has 1 aromatic carbocycles. The molecule has 5 nitrogen and oxygen atoms in total. The van der Waals surface area contributed by atoms with Gasteiger partial charge >= 0.3 is 0 Å². The van der Waals surface area contributed by atoms with Crippen molar-refractivity contribution in [3.8, 4) is 11.5 Å². The van der Waals surface area contributed by atoms with Crippen LogP contribution in [0.5, 0.6) is 11.5 Å². The number of rotatable bonds is 7. The number of benzene rings is 1. The van der Waals surface area contributed by atoms with Crippen LogP contribution >= 0.6 is 0 Å². The van der Waals surface area contributed by atoms with Gasteiger partial charge in [-0.25, -0.2) is 0 Å². The molecule has 0 radical (unpaired) electrons. The molecule has 0 spiro atoms. The lowest BCUT2D eigenvalue weighted by molar-refractivity contribution is 0.0427. The van der Waals surface area contributed by atoms with Gasteiger partial charge < -0.3 is 24.6 Å². The molecule has 0 saturated heterocycles. The van der Waals surface area contributed by atoms with Crippen molar-refractivity contribution in [3.63, 3.8) is 0 Å². The average molecular weight is 253 g/mol. The Labute approximate surface area is 107 Å². The Morgan fingerprint density at radius 2 is 2.22 bits per heavy atom. The van der Waals surface area contributed by atoms with Crippen molar-refractivity contribution in [2.24, 2.45) is 0 Å². The van der Waals surface area contributed by atoms with E-state index in [-0.39, 0.29) is 0 Å². The Bertz CT molecular complexity index is 383. The highest BCUT2D eigenvalue weighted by molar-refractivity contribution is 5.44. The van der Waals surface area contributed by atoms with Crippen LogP contribution in [0.2, 0.25) is 0 Å². The van der Waals surface area contributed by atoms with Crippen LogP contribution in [0.3, 0.4) is 0 Å². The molecule has 5 heteroatoms. The highest BCUT2D eigenvalue weighted by Crippen LogP contribution is 2.32. The van der Waals surface area contributed by atoms with E-state index in [1.165, 1.54) is 0 Å². The van der Waals surface area contributed by atoms with E-state index in [9.17, 15) is 5.11 Å². The minimum absolute atomic E-state index is 0.291.